The van der Waals surface area contributed by atoms with Gasteiger partial charge in [0.2, 0.25) is 5.91 Å². The summed E-state index contributed by atoms with van der Waals surface area (Å²) < 4.78 is 0. The monoisotopic (exact) mass is 292 g/mol. The lowest BCUT2D eigenvalue weighted by Crippen LogP contribution is -2.48. The van der Waals surface area contributed by atoms with Gasteiger partial charge in [-0.3, -0.25) is 4.79 Å². The van der Waals surface area contributed by atoms with Crippen molar-refractivity contribution in [2.24, 2.45) is 5.92 Å². The van der Waals surface area contributed by atoms with E-state index in [4.69, 9.17) is 0 Å². The molecule has 1 aromatic carbocycles. The quantitative estimate of drug-likeness (QED) is 0.633. The van der Waals surface area contributed by atoms with Crippen molar-refractivity contribution in [3.63, 3.8) is 0 Å². The second-order valence-electron chi connectivity index (χ2n) is 5.31. The molecule has 1 heterocycles. The van der Waals surface area contributed by atoms with Gasteiger partial charge < -0.3 is 20.8 Å². The number of carboxylic acid groups (broad SMARTS) is 1. The SMILES string of the molecule is O=C(N[C@@H](Cc1ccc(O)cc1)C(=O)O)[C@H]1CCCNC1. The zero-order valence-corrected chi connectivity index (χ0v) is 11.7. The minimum absolute atomic E-state index is 0.128. The fourth-order valence-corrected chi connectivity index (χ4v) is 2.43. The van der Waals surface area contributed by atoms with Gasteiger partial charge in [-0.1, -0.05) is 12.1 Å². The number of piperidine rings is 1. The first-order chi connectivity index (χ1) is 10.1. The van der Waals surface area contributed by atoms with Crippen molar-refractivity contribution in [1.82, 2.24) is 10.6 Å². The molecule has 0 aliphatic carbocycles. The Kier molecular flexibility index (Phi) is 5.16. The van der Waals surface area contributed by atoms with E-state index in [0.717, 1.165) is 24.9 Å². The molecular formula is C15H20N2O4. The summed E-state index contributed by atoms with van der Waals surface area (Å²) in [5.41, 5.74) is 0.752. The summed E-state index contributed by atoms with van der Waals surface area (Å²) in [6, 6.07) is 5.35. The van der Waals surface area contributed by atoms with Crippen LogP contribution < -0.4 is 10.6 Å². The molecule has 0 radical (unpaired) electrons. The fourth-order valence-electron chi connectivity index (χ4n) is 2.43. The van der Waals surface area contributed by atoms with Crippen LogP contribution in [0.3, 0.4) is 0 Å². The van der Waals surface area contributed by atoms with E-state index in [2.05, 4.69) is 10.6 Å². The number of hydrogen-bond acceptors (Lipinski definition) is 4. The normalized spacial score (nSPS) is 19.7. The van der Waals surface area contributed by atoms with Crippen LogP contribution in [0.2, 0.25) is 0 Å². The van der Waals surface area contributed by atoms with Gasteiger partial charge in [0.15, 0.2) is 0 Å². The van der Waals surface area contributed by atoms with E-state index in [0.29, 0.717) is 6.54 Å². The minimum Gasteiger partial charge on any atom is -0.508 e. The number of amides is 1. The number of carboxylic acids is 1. The maximum absolute atomic E-state index is 12.1. The highest BCUT2D eigenvalue weighted by molar-refractivity contribution is 5.85. The predicted molar refractivity (Wildman–Crippen MR) is 77.0 cm³/mol. The number of rotatable bonds is 5. The van der Waals surface area contributed by atoms with E-state index >= 15 is 0 Å². The minimum atomic E-state index is -1.06. The van der Waals surface area contributed by atoms with E-state index in [1.807, 2.05) is 0 Å². The summed E-state index contributed by atoms with van der Waals surface area (Å²) in [5.74, 6) is -1.31. The molecule has 4 N–H and O–H groups in total. The van der Waals surface area contributed by atoms with Crippen molar-refractivity contribution < 1.29 is 19.8 Å². The summed E-state index contributed by atoms with van der Waals surface area (Å²) in [7, 11) is 0. The lowest BCUT2D eigenvalue weighted by Gasteiger charge is -2.24. The van der Waals surface area contributed by atoms with Crippen molar-refractivity contribution >= 4 is 11.9 Å². The molecule has 6 nitrogen and oxygen atoms in total. The van der Waals surface area contributed by atoms with E-state index in [-0.39, 0.29) is 24.0 Å². The van der Waals surface area contributed by atoms with Crippen LogP contribution in [0.5, 0.6) is 5.75 Å². The van der Waals surface area contributed by atoms with Crippen molar-refractivity contribution in [3.05, 3.63) is 29.8 Å². The summed E-state index contributed by atoms with van der Waals surface area (Å²) in [4.78, 5) is 23.4. The molecule has 1 aromatic rings. The largest absolute Gasteiger partial charge is 0.508 e. The van der Waals surface area contributed by atoms with Crippen LogP contribution in [0.15, 0.2) is 24.3 Å². The number of carbonyl (C=O) groups excluding carboxylic acids is 1. The molecule has 0 saturated carbocycles. The predicted octanol–water partition coefficient (Wildman–Crippen LogP) is 0.504. The van der Waals surface area contributed by atoms with Gasteiger partial charge in [0.1, 0.15) is 11.8 Å². The van der Waals surface area contributed by atoms with E-state index in [1.54, 1.807) is 12.1 Å². The first kappa shape index (κ1) is 15.3. The van der Waals surface area contributed by atoms with E-state index in [1.165, 1.54) is 12.1 Å². The van der Waals surface area contributed by atoms with E-state index < -0.39 is 12.0 Å². The topological polar surface area (TPSA) is 98.7 Å². The summed E-state index contributed by atoms with van der Waals surface area (Å²) >= 11 is 0. The average Bonchev–Trinajstić information content (AvgIpc) is 2.49. The number of aliphatic carboxylic acids is 1. The number of benzene rings is 1. The van der Waals surface area contributed by atoms with Crippen LogP contribution in [0.25, 0.3) is 0 Å². The molecule has 1 aliphatic heterocycles. The van der Waals surface area contributed by atoms with Gasteiger partial charge in [-0.15, -0.1) is 0 Å². The highest BCUT2D eigenvalue weighted by Crippen LogP contribution is 2.13. The standard InChI is InChI=1S/C15H20N2O4/c18-12-5-3-10(4-6-12)8-13(15(20)21)17-14(19)11-2-1-7-16-9-11/h3-6,11,13,16,18H,1-2,7-9H2,(H,17,19)(H,20,21)/t11-,13-/m0/s1. The Labute approximate surface area is 123 Å². The Morgan fingerprint density at radius 3 is 2.62 bits per heavy atom. The van der Waals surface area contributed by atoms with Crippen LogP contribution in [-0.4, -0.2) is 41.2 Å². The highest BCUT2D eigenvalue weighted by atomic mass is 16.4. The molecule has 21 heavy (non-hydrogen) atoms. The van der Waals surface area contributed by atoms with Gasteiger partial charge in [0, 0.05) is 13.0 Å². The first-order valence-corrected chi connectivity index (χ1v) is 7.08. The molecule has 1 fully saturated rings. The molecule has 1 amide bonds. The molecule has 0 aromatic heterocycles. The number of phenolic OH excluding ortho intramolecular Hbond substituents is 1. The first-order valence-electron chi connectivity index (χ1n) is 7.08. The van der Waals surface area contributed by atoms with Gasteiger partial charge in [0.25, 0.3) is 0 Å². The van der Waals surface area contributed by atoms with Gasteiger partial charge >= 0.3 is 5.97 Å². The Morgan fingerprint density at radius 1 is 1.33 bits per heavy atom. The Balaban J connectivity index is 1.96. The van der Waals surface area contributed by atoms with Crippen molar-refractivity contribution in [3.8, 4) is 5.75 Å². The molecule has 2 rings (SSSR count). The average molecular weight is 292 g/mol. The summed E-state index contributed by atoms with van der Waals surface area (Å²) in [6.45, 7) is 1.50. The lowest BCUT2D eigenvalue weighted by atomic mass is 9.97. The smallest absolute Gasteiger partial charge is 0.326 e. The van der Waals surface area contributed by atoms with Gasteiger partial charge in [-0.25, -0.2) is 4.79 Å². The third-order valence-electron chi connectivity index (χ3n) is 3.66. The number of phenols is 1. The fraction of sp³-hybridized carbons (Fsp3) is 0.467. The summed E-state index contributed by atoms with van der Waals surface area (Å²) in [6.07, 6.45) is 1.90. The van der Waals surface area contributed by atoms with Crippen molar-refractivity contribution in [1.29, 1.82) is 0 Å². The zero-order valence-electron chi connectivity index (χ0n) is 11.7. The molecule has 1 aliphatic rings. The Morgan fingerprint density at radius 2 is 2.05 bits per heavy atom. The molecule has 0 unspecified atom stereocenters. The molecule has 1 saturated heterocycles. The molecule has 2 atom stereocenters. The van der Waals surface area contributed by atoms with Crippen LogP contribution in [-0.2, 0) is 16.0 Å². The van der Waals surface area contributed by atoms with Crippen LogP contribution in [0, 0.1) is 5.92 Å². The van der Waals surface area contributed by atoms with Gasteiger partial charge in [-0.2, -0.15) is 0 Å². The maximum atomic E-state index is 12.1. The molecule has 0 bridgehead atoms. The second-order valence-corrected chi connectivity index (χ2v) is 5.31. The molecule has 0 spiro atoms. The highest BCUT2D eigenvalue weighted by Gasteiger charge is 2.26. The summed E-state index contributed by atoms with van der Waals surface area (Å²) in [5, 5.41) is 24.2. The van der Waals surface area contributed by atoms with Crippen molar-refractivity contribution in [2.45, 2.75) is 25.3 Å². The third kappa shape index (κ3) is 4.46. The molecular weight excluding hydrogens is 272 g/mol. The maximum Gasteiger partial charge on any atom is 0.326 e. The number of hydrogen-bond donors (Lipinski definition) is 4. The number of nitrogens with one attached hydrogen (secondary N) is 2. The number of carbonyl (C=O) groups is 2. The molecule has 114 valence electrons. The molecule has 6 heteroatoms. The Bertz CT molecular complexity index is 495. The number of aromatic hydroxyl groups is 1. The van der Waals surface area contributed by atoms with Crippen LogP contribution in [0.4, 0.5) is 0 Å². The second kappa shape index (κ2) is 7.08. The zero-order chi connectivity index (χ0) is 15.2. The van der Waals surface area contributed by atoms with Crippen LogP contribution >= 0.6 is 0 Å². The van der Waals surface area contributed by atoms with Crippen molar-refractivity contribution in [2.75, 3.05) is 13.1 Å². The lowest BCUT2D eigenvalue weighted by molar-refractivity contribution is -0.142. The van der Waals surface area contributed by atoms with Gasteiger partial charge in [-0.05, 0) is 37.1 Å². The van der Waals surface area contributed by atoms with E-state index in [9.17, 15) is 19.8 Å². The Hall–Kier alpha value is -2.08. The van der Waals surface area contributed by atoms with Gasteiger partial charge in [0.05, 0.1) is 5.92 Å². The van der Waals surface area contributed by atoms with Crippen LogP contribution in [0.1, 0.15) is 18.4 Å². The third-order valence-corrected chi connectivity index (χ3v) is 3.66.